The second kappa shape index (κ2) is 6.56. The number of esters is 1. The molecule has 2 aromatic rings. The minimum atomic E-state index is -0.558. The summed E-state index contributed by atoms with van der Waals surface area (Å²) in [6, 6.07) is 12.9. The summed E-state index contributed by atoms with van der Waals surface area (Å²) in [5, 5.41) is 0. The number of carbonyl (C=O) groups is 2. The summed E-state index contributed by atoms with van der Waals surface area (Å²) in [6.45, 7) is -0.310. The van der Waals surface area contributed by atoms with Crippen molar-refractivity contribution in [2.75, 3.05) is 19.5 Å². The number of benzene rings is 2. The smallest absolute Gasteiger partial charge is 0.338 e. The van der Waals surface area contributed by atoms with Gasteiger partial charge < -0.3 is 15.2 Å². The largest absolute Gasteiger partial charge is 0.497 e. The normalized spacial score (nSPS) is 9.95. The van der Waals surface area contributed by atoms with E-state index in [1.54, 1.807) is 55.6 Å². The zero-order valence-electron chi connectivity index (χ0n) is 11.5. The Bertz CT molecular complexity index is 632. The molecule has 0 bridgehead atoms. The molecule has 0 radical (unpaired) electrons. The van der Waals surface area contributed by atoms with E-state index < -0.39 is 5.97 Å². The van der Waals surface area contributed by atoms with Crippen LogP contribution in [-0.4, -0.2) is 25.5 Å². The molecule has 0 aliphatic carbocycles. The molecule has 0 unspecified atom stereocenters. The van der Waals surface area contributed by atoms with Crippen molar-refractivity contribution in [3.63, 3.8) is 0 Å². The Hall–Kier alpha value is -2.82. The molecule has 0 aromatic heterocycles. The predicted molar refractivity (Wildman–Crippen MR) is 78.5 cm³/mol. The fourth-order valence-electron chi connectivity index (χ4n) is 1.69. The number of rotatable bonds is 5. The Kier molecular flexibility index (Phi) is 4.56. The highest BCUT2D eigenvalue weighted by molar-refractivity contribution is 5.99. The number of nitrogen functional groups attached to an aromatic ring is 1. The van der Waals surface area contributed by atoms with Crippen LogP contribution in [0.2, 0.25) is 0 Å². The first-order valence-corrected chi connectivity index (χ1v) is 6.30. The number of Topliss-reactive ketones (excluding diaryl/α,β-unsaturated/α-hetero) is 1. The average molecular weight is 285 g/mol. The zero-order valence-corrected chi connectivity index (χ0v) is 11.5. The molecule has 5 nitrogen and oxygen atoms in total. The molecule has 5 heteroatoms. The highest BCUT2D eigenvalue weighted by Crippen LogP contribution is 2.12. The summed E-state index contributed by atoms with van der Waals surface area (Å²) in [5.74, 6) is -0.177. The standard InChI is InChI=1S/C16H15NO4/c1-20-14-8-4-11(5-9-14)15(18)10-21-16(19)12-2-6-13(17)7-3-12/h2-9H,10,17H2,1H3. The number of methoxy groups -OCH3 is 1. The van der Waals surface area contributed by atoms with Crippen molar-refractivity contribution in [1.82, 2.24) is 0 Å². The van der Waals surface area contributed by atoms with Gasteiger partial charge in [0.05, 0.1) is 12.7 Å². The molecule has 0 aliphatic rings. The molecule has 0 amide bonds. The number of hydrogen-bond donors (Lipinski definition) is 1. The molecule has 0 fully saturated rings. The van der Waals surface area contributed by atoms with Gasteiger partial charge in [-0.15, -0.1) is 0 Å². The van der Waals surface area contributed by atoms with Gasteiger partial charge in [0.25, 0.3) is 0 Å². The van der Waals surface area contributed by atoms with Crippen molar-refractivity contribution in [2.24, 2.45) is 0 Å². The fourth-order valence-corrected chi connectivity index (χ4v) is 1.69. The molecule has 2 aromatic carbocycles. The molecule has 0 heterocycles. The van der Waals surface area contributed by atoms with Gasteiger partial charge in [0.1, 0.15) is 5.75 Å². The van der Waals surface area contributed by atoms with Crippen LogP contribution in [0.5, 0.6) is 5.75 Å². The molecule has 2 rings (SSSR count). The maximum absolute atomic E-state index is 11.9. The van der Waals surface area contributed by atoms with Crippen LogP contribution in [0.4, 0.5) is 5.69 Å². The molecule has 0 spiro atoms. The van der Waals surface area contributed by atoms with E-state index in [-0.39, 0.29) is 12.4 Å². The summed E-state index contributed by atoms with van der Waals surface area (Å²) < 4.78 is 9.99. The van der Waals surface area contributed by atoms with Gasteiger partial charge in [-0.05, 0) is 48.5 Å². The second-order valence-corrected chi connectivity index (χ2v) is 4.35. The third-order valence-electron chi connectivity index (χ3n) is 2.89. The molecule has 0 aliphatic heterocycles. The Morgan fingerprint density at radius 2 is 1.52 bits per heavy atom. The third-order valence-corrected chi connectivity index (χ3v) is 2.89. The highest BCUT2D eigenvalue weighted by atomic mass is 16.5. The molecule has 0 saturated heterocycles. The monoisotopic (exact) mass is 285 g/mol. The zero-order chi connectivity index (χ0) is 15.2. The van der Waals surface area contributed by atoms with Crippen molar-refractivity contribution in [2.45, 2.75) is 0 Å². The van der Waals surface area contributed by atoms with Crippen molar-refractivity contribution in [3.8, 4) is 5.75 Å². The maximum Gasteiger partial charge on any atom is 0.338 e. The number of carbonyl (C=O) groups excluding carboxylic acids is 2. The summed E-state index contributed by atoms with van der Waals surface area (Å²) >= 11 is 0. The minimum Gasteiger partial charge on any atom is -0.497 e. The van der Waals surface area contributed by atoms with Crippen LogP contribution in [0.3, 0.4) is 0 Å². The van der Waals surface area contributed by atoms with Crippen LogP contribution in [-0.2, 0) is 4.74 Å². The van der Waals surface area contributed by atoms with E-state index in [0.29, 0.717) is 22.6 Å². The lowest BCUT2D eigenvalue weighted by molar-refractivity contribution is 0.0475. The van der Waals surface area contributed by atoms with Gasteiger partial charge in [0.2, 0.25) is 0 Å². The molecular formula is C16H15NO4. The van der Waals surface area contributed by atoms with E-state index in [4.69, 9.17) is 15.2 Å². The lowest BCUT2D eigenvalue weighted by atomic mass is 10.1. The quantitative estimate of drug-likeness (QED) is 0.518. The predicted octanol–water partition coefficient (Wildman–Crippen LogP) is 2.32. The van der Waals surface area contributed by atoms with Gasteiger partial charge in [-0.25, -0.2) is 4.79 Å². The first-order valence-electron chi connectivity index (χ1n) is 6.30. The fraction of sp³-hybridized carbons (Fsp3) is 0.125. The van der Waals surface area contributed by atoms with Crippen LogP contribution < -0.4 is 10.5 Å². The second-order valence-electron chi connectivity index (χ2n) is 4.35. The van der Waals surface area contributed by atoms with E-state index >= 15 is 0 Å². The molecular weight excluding hydrogens is 270 g/mol. The number of nitrogens with two attached hydrogens (primary N) is 1. The lowest BCUT2D eigenvalue weighted by Crippen LogP contribution is -2.14. The SMILES string of the molecule is COc1ccc(C(=O)COC(=O)c2ccc(N)cc2)cc1. The topological polar surface area (TPSA) is 78.6 Å². The van der Waals surface area contributed by atoms with Gasteiger partial charge in [0.15, 0.2) is 12.4 Å². The molecule has 0 atom stereocenters. The van der Waals surface area contributed by atoms with Crippen LogP contribution >= 0.6 is 0 Å². The van der Waals surface area contributed by atoms with E-state index in [9.17, 15) is 9.59 Å². The number of ether oxygens (including phenoxy) is 2. The van der Waals surface area contributed by atoms with Crippen LogP contribution in [0.1, 0.15) is 20.7 Å². The van der Waals surface area contributed by atoms with Crippen molar-refractivity contribution in [1.29, 1.82) is 0 Å². The lowest BCUT2D eigenvalue weighted by Gasteiger charge is -2.05. The number of hydrogen-bond acceptors (Lipinski definition) is 5. The van der Waals surface area contributed by atoms with Gasteiger partial charge in [-0.3, -0.25) is 4.79 Å². The van der Waals surface area contributed by atoms with Gasteiger partial charge in [0, 0.05) is 11.3 Å². The summed E-state index contributed by atoms with van der Waals surface area (Å²) in [7, 11) is 1.55. The molecule has 21 heavy (non-hydrogen) atoms. The first-order chi connectivity index (χ1) is 10.1. The van der Waals surface area contributed by atoms with Gasteiger partial charge in [-0.1, -0.05) is 0 Å². The van der Waals surface area contributed by atoms with Crippen molar-refractivity contribution >= 4 is 17.4 Å². The Balaban J connectivity index is 1.93. The first kappa shape index (κ1) is 14.6. The van der Waals surface area contributed by atoms with Crippen LogP contribution in [0.25, 0.3) is 0 Å². The van der Waals surface area contributed by atoms with Gasteiger partial charge in [-0.2, -0.15) is 0 Å². The third kappa shape index (κ3) is 3.82. The van der Waals surface area contributed by atoms with E-state index in [2.05, 4.69) is 0 Å². The molecule has 108 valence electrons. The summed E-state index contributed by atoms with van der Waals surface area (Å²) in [6.07, 6.45) is 0. The number of ketones is 1. The molecule has 0 saturated carbocycles. The van der Waals surface area contributed by atoms with Crippen LogP contribution in [0.15, 0.2) is 48.5 Å². The Morgan fingerprint density at radius 1 is 0.952 bits per heavy atom. The molecule has 2 N–H and O–H groups in total. The maximum atomic E-state index is 11.9. The minimum absolute atomic E-state index is 0.276. The van der Waals surface area contributed by atoms with Crippen molar-refractivity contribution in [3.05, 3.63) is 59.7 Å². The number of anilines is 1. The van der Waals surface area contributed by atoms with E-state index in [0.717, 1.165) is 0 Å². The average Bonchev–Trinajstić information content (AvgIpc) is 2.53. The summed E-state index contributed by atoms with van der Waals surface area (Å²) in [4.78, 5) is 23.7. The van der Waals surface area contributed by atoms with Crippen molar-refractivity contribution < 1.29 is 19.1 Å². The van der Waals surface area contributed by atoms with E-state index in [1.165, 1.54) is 0 Å². The van der Waals surface area contributed by atoms with E-state index in [1.807, 2.05) is 0 Å². The highest BCUT2D eigenvalue weighted by Gasteiger charge is 2.11. The Morgan fingerprint density at radius 3 is 2.10 bits per heavy atom. The Labute approximate surface area is 122 Å². The van der Waals surface area contributed by atoms with Crippen LogP contribution in [0, 0.1) is 0 Å². The van der Waals surface area contributed by atoms with Gasteiger partial charge >= 0.3 is 5.97 Å². The summed E-state index contributed by atoms with van der Waals surface area (Å²) in [5.41, 5.74) is 6.90.